The predicted octanol–water partition coefficient (Wildman–Crippen LogP) is 0.990. The van der Waals surface area contributed by atoms with Crippen LogP contribution in [0.3, 0.4) is 0 Å². The minimum absolute atomic E-state index is 0.265. The van der Waals surface area contributed by atoms with E-state index in [4.69, 9.17) is 15.3 Å². The van der Waals surface area contributed by atoms with Gasteiger partial charge in [-0.25, -0.2) is 5.43 Å². The Balaban J connectivity index is 2.53. The molecule has 0 saturated heterocycles. The monoisotopic (exact) mass is 262 g/mol. The van der Waals surface area contributed by atoms with Crippen LogP contribution in [-0.2, 0) is 7.05 Å². The minimum Gasteiger partial charge on any atom is -0.496 e. The topological polar surface area (TPSA) is 74.3 Å². The highest BCUT2D eigenvalue weighted by atomic mass is 16.5. The molecule has 2 aromatic rings. The molecule has 6 heteroatoms. The number of aromatic nitrogens is 2. The summed E-state index contributed by atoms with van der Waals surface area (Å²) in [6.45, 7) is 0. The molecule has 1 aromatic heterocycles. The van der Waals surface area contributed by atoms with Crippen molar-refractivity contribution >= 4 is 0 Å². The fraction of sp³-hybridized carbons (Fsp3) is 0.308. The van der Waals surface area contributed by atoms with Crippen molar-refractivity contribution in [1.82, 2.24) is 15.2 Å². The number of methoxy groups -OCH3 is 2. The van der Waals surface area contributed by atoms with Crippen molar-refractivity contribution in [2.24, 2.45) is 12.9 Å². The fourth-order valence-electron chi connectivity index (χ4n) is 2.13. The molecular weight excluding hydrogens is 244 g/mol. The number of para-hydroxylation sites is 1. The molecule has 1 aromatic carbocycles. The van der Waals surface area contributed by atoms with Crippen LogP contribution in [0.5, 0.6) is 11.5 Å². The number of hydrazine groups is 1. The lowest BCUT2D eigenvalue weighted by atomic mass is 10.0. The Bertz CT molecular complexity index is 553. The van der Waals surface area contributed by atoms with E-state index in [-0.39, 0.29) is 6.04 Å². The van der Waals surface area contributed by atoms with Gasteiger partial charge in [-0.05, 0) is 6.07 Å². The summed E-state index contributed by atoms with van der Waals surface area (Å²) >= 11 is 0. The van der Waals surface area contributed by atoms with Crippen molar-refractivity contribution in [3.63, 3.8) is 0 Å². The second-order valence-electron chi connectivity index (χ2n) is 4.06. The Kier molecular flexibility index (Phi) is 4.03. The third kappa shape index (κ3) is 2.40. The number of ether oxygens (including phenoxy) is 2. The smallest absolute Gasteiger partial charge is 0.161 e. The Hall–Kier alpha value is -2.05. The van der Waals surface area contributed by atoms with Gasteiger partial charge in [0.15, 0.2) is 5.75 Å². The molecule has 0 amide bonds. The van der Waals surface area contributed by atoms with Crippen LogP contribution in [0.15, 0.2) is 30.5 Å². The summed E-state index contributed by atoms with van der Waals surface area (Å²) < 4.78 is 12.4. The molecule has 1 heterocycles. The summed E-state index contributed by atoms with van der Waals surface area (Å²) in [4.78, 5) is 0. The second-order valence-corrected chi connectivity index (χ2v) is 4.06. The van der Waals surface area contributed by atoms with E-state index in [9.17, 15) is 0 Å². The maximum absolute atomic E-state index is 5.71. The van der Waals surface area contributed by atoms with E-state index in [0.29, 0.717) is 5.75 Å². The van der Waals surface area contributed by atoms with Gasteiger partial charge in [0.2, 0.25) is 0 Å². The standard InChI is InChI=1S/C13H18N4O2/c1-17-13(11(19-3)8-15-17)12(16-14)9-6-4-5-7-10(9)18-2/h4-8,12,16H,14H2,1-3H3. The number of nitrogens with two attached hydrogens (primary N) is 1. The molecular formula is C13H18N4O2. The Labute approximate surface area is 112 Å². The van der Waals surface area contributed by atoms with Crippen molar-refractivity contribution in [2.45, 2.75) is 6.04 Å². The Morgan fingerprint density at radius 2 is 1.89 bits per heavy atom. The zero-order chi connectivity index (χ0) is 13.8. The van der Waals surface area contributed by atoms with E-state index in [1.165, 1.54) is 0 Å². The first-order chi connectivity index (χ1) is 9.22. The maximum Gasteiger partial charge on any atom is 0.161 e. The second kappa shape index (κ2) is 5.73. The summed E-state index contributed by atoms with van der Waals surface area (Å²) in [5, 5.41) is 4.19. The third-order valence-electron chi connectivity index (χ3n) is 3.06. The van der Waals surface area contributed by atoms with E-state index in [0.717, 1.165) is 17.0 Å². The van der Waals surface area contributed by atoms with Crippen molar-refractivity contribution in [2.75, 3.05) is 14.2 Å². The molecule has 0 fully saturated rings. The number of nitrogens with one attached hydrogen (secondary N) is 1. The number of nitrogens with zero attached hydrogens (tertiary/aromatic N) is 2. The van der Waals surface area contributed by atoms with Crippen molar-refractivity contribution < 1.29 is 9.47 Å². The van der Waals surface area contributed by atoms with Crippen LogP contribution in [0.4, 0.5) is 0 Å². The highest BCUT2D eigenvalue weighted by Gasteiger charge is 2.23. The average Bonchev–Trinajstić information content (AvgIpc) is 2.82. The zero-order valence-corrected chi connectivity index (χ0v) is 11.3. The molecule has 3 N–H and O–H groups in total. The molecule has 0 spiro atoms. The average molecular weight is 262 g/mol. The van der Waals surface area contributed by atoms with Crippen molar-refractivity contribution in [3.05, 3.63) is 41.7 Å². The van der Waals surface area contributed by atoms with E-state index in [1.807, 2.05) is 31.3 Å². The summed E-state index contributed by atoms with van der Waals surface area (Å²) in [6.07, 6.45) is 1.66. The molecule has 102 valence electrons. The van der Waals surface area contributed by atoms with E-state index >= 15 is 0 Å². The first-order valence-corrected chi connectivity index (χ1v) is 5.87. The van der Waals surface area contributed by atoms with Gasteiger partial charge in [0.1, 0.15) is 11.4 Å². The lowest BCUT2D eigenvalue weighted by molar-refractivity contribution is 0.390. The van der Waals surface area contributed by atoms with Crippen molar-refractivity contribution in [1.29, 1.82) is 0 Å². The minimum atomic E-state index is -0.265. The van der Waals surface area contributed by atoms with Gasteiger partial charge in [-0.3, -0.25) is 10.5 Å². The first-order valence-electron chi connectivity index (χ1n) is 5.87. The molecule has 19 heavy (non-hydrogen) atoms. The molecule has 0 aliphatic carbocycles. The molecule has 0 aliphatic heterocycles. The lowest BCUT2D eigenvalue weighted by Gasteiger charge is -2.20. The Morgan fingerprint density at radius 3 is 2.53 bits per heavy atom. The summed E-state index contributed by atoms with van der Waals surface area (Å²) in [7, 11) is 5.08. The van der Waals surface area contributed by atoms with Gasteiger partial charge in [0, 0.05) is 12.6 Å². The van der Waals surface area contributed by atoms with Gasteiger partial charge < -0.3 is 9.47 Å². The summed E-state index contributed by atoms with van der Waals surface area (Å²) in [6, 6.07) is 7.43. The number of hydrogen-bond acceptors (Lipinski definition) is 5. The number of benzene rings is 1. The highest BCUT2D eigenvalue weighted by Crippen LogP contribution is 2.33. The van der Waals surface area contributed by atoms with Crippen LogP contribution in [0, 0.1) is 0 Å². The molecule has 0 saturated carbocycles. The Morgan fingerprint density at radius 1 is 1.21 bits per heavy atom. The molecule has 1 unspecified atom stereocenters. The highest BCUT2D eigenvalue weighted by molar-refractivity contribution is 5.43. The molecule has 1 atom stereocenters. The molecule has 2 rings (SSSR count). The zero-order valence-electron chi connectivity index (χ0n) is 11.3. The van der Waals surface area contributed by atoms with E-state index in [2.05, 4.69) is 10.5 Å². The first kappa shape index (κ1) is 13.4. The summed E-state index contributed by atoms with van der Waals surface area (Å²) in [5.41, 5.74) is 4.56. The molecule has 0 aliphatic rings. The van der Waals surface area contributed by atoms with Crippen LogP contribution in [0.25, 0.3) is 0 Å². The number of aryl methyl sites for hydroxylation is 1. The normalized spacial score (nSPS) is 12.2. The third-order valence-corrected chi connectivity index (χ3v) is 3.06. The largest absolute Gasteiger partial charge is 0.496 e. The summed E-state index contributed by atoms with van der Waals surface area (Å²) in [5.74, 6) is 7.15. The van der Waals surface area contributed by atoms with Gasteiger partial charge in [-0.15, -0.1) is 0 Å². The van der Waals surface area contributed by atoms with Crippen LogP contribution >= 0.6 is 0 Å². The van der Waals surface area contributed by atoms with Crippen LogP contribution in [0.2, 0.25) is 0 Å². The predicted molar refractivity (Wildman–Crippen MR) is 71.9 cm³/mol. The van der Waals surface area contributed by atoms with Gasteiger partial charge in [-0.1, -0.05) is 18.2 Å². The number of hydrogen-bond donors (Lipinski definition) is 2. The lowest BCUT2D eigenvalue weighted by Crippen LogP contribution is -2.31. The van der Waals surface area contributed by atoms with E-state index < -0.39 is 0 Å². The van der Waals surface area contributed by atoms with Crippen molar-refractivity contribution in [3.8, 4) is 11.5 Å². The molecule has 0 radical (unpaired) electrons. The molecule has 6 nitrogen and oxygen atoms in total. The van der Waals surface area contributed by atoms with E-state index in [1.54, 1.807) is 25.1 Å². The van der Waals surface area contributed by atoms with Gasteiger partial charge in [0.25, 0.3) is 0 Å². The maximum atomic E-state index is 5.71. The SMILES string of the molecule is COc1ccccc1C(NN)c1c(OC)cnn1C. The van der Waals surface area contributed by atoms with Crippen LogP contribution in [-0.4, -0.2) is 24.0 Å². The fourth-order valence-corrected chi connectivity index (χ4v) is 2.13. The van der Waals surface area contributed by atoms with Gasteiger partial charge >= 0.3 is 0 Å². The van der Waals surface area contributed by atoms with Gasteiger partial charge in [-0.2, -0.15) is 5.10 Å². The number of rotatable bonds is 5. The van der Waals surface area contributed by atoms with Crippen LogP contribution in [0.1, 0.15) is 17.3 Å². The van der Waals surface area contributed by atoms with Gasteiger partial charge in [0.05, 0.1) is 26.5 Å². The molecule has 0 bridgehead atoms. The van der Waals surface area contributed by atoms with Crippen LogP contribution < -0.4 is 20.7 Å². The quantitative estimate of drug-likeness (QED) is 0.621.